The highest BCUT2D eigenvalue weighted by molar-refractivity contribution is 6.30. The Morgan fingerprint density at radius 3 is 2.22 bits per heavy atom. The zero-order valence-electron chi connectivity index (χ0n) is 12.7. The van der Waals surface area contributed by atoms with Crippen molar-refractivity contribution in [3.63, 3.8) is 0 Å². The topological polar surface area (TPSA) is 52.6 Å². The molecular formula is C19H16O4. The lowest BCUT2D eigenvalue weighted by Gasteiger charge is -2.05. The number of ether oxygens (including phenoxy) is 2. The first kappa shape index (κ1) is 15.0. The number of esters is 2. The molecule has 0 radical (unpaired) electrons. The second-order valence-corrected chi connectivity index (χ2v) is 5.24. The van der Waals surface area contributed by atoms with Crippen molar-refractivity contribution in [1.82, 2.24) is 0 Å². The highest BCUT2D eigenvalue weighted by Crippen LogP contribution is 2.31. The van der Waals surface area contributed by atoms with E-state index in [1.165, 1.54) is 0 Å². The lowest BCUT2D eigenvalue weighted by molar-refractivity contribution is -0.150. The quantitative estimate of drug-likeness (QED) is 0.629. The van der Waals surface area contributed by atoms with E-state index >= 15 is 0 Å². The van der Waals surface area contributed by atoms with Gasteiger partial charge in [0, 0.05) is 0 Å². The van der Waals surface area contributed by atoms with E-state index in [-0.39, 0.29) is 0 Å². The van der Waals surface area contributed by atoms with Crippen LogP contribution in [0.4, 0.5) is 0 Å². The summed E-state index contributed by atoms with van der Waals surface area (Å²) in [5.41, 5.74) is 2.57. The van der Waals surface area contributed by atoms with Gasteiger partial charge in [0.2, 0.25) is 0 Å². The predicted octanol–water partition coefficient (Wildman–Crippen LogP) is 3.17. The van der Waals surface area contributed by atoms with Crippen molar-refractivity contribution in [2.45, 2.75) is 12.8 Å². The summed E-state index contributed by atoms with van der Waals surface area (Å²) < 4.78 is 9.92. The number of methoxy groups -OCH3 is 1. The summed E-state index contributed by atoms with van der Waals surface area (Å²) in [4.78, 5) is 24.0. The Kier molecular flexibility index (Phi) is 4.24. The number of benzene rings is 2. The third-order valence-corrected chi connectivity index (χ3v) is 3.82. The lowest BCUT2D eigenvalue weighted by atomic mass is 9.97. The van der Waals surface area contributed by atoms with Crippen molar-refractivity contribution in [3.05, 3.63) is 71.3 Å². The third kappa shape index (κ3) is 3.16. The van der Waals surface area contributed by atoms with Crippen LogP contribution in [0.2, 0.25) is 0 Å². The normalized spacial score (nSPS) is 14.1. The zero-order valence-corrected chi connectivity index (χ0v) is 12.7. The van der Waals surface area contributed by atoms with Crippen LogP contribution in [0.1, 0.15) is 17.5 Å². The van der Waals surface area contributed by atoms with Gasteiger partial charge in [-0.05, 0) is 36.1 Å². The number of aryl methyl sites for hydroxylation is 1. The average Bonchev–Trinajstić information content (AvgIpc) is 2.87. The molecule has 1 aliphatic rings. The Balaban J connectivity index is 1.90. The third-order valence-electron chi connectivity index (χ3n) is 3.82. The summed E-state index contributed by atoms with van der Waals surface area (Å²) in [6.07, 6.45) is 1.15. The molecule has 0 amide bonds. The van der Waals surface area contributed by atoms with Crippen molar-refractivity contribution in [2.75, 3.05) is 7.11 Å². The van der Waals surface area contributed by atoms with E-state index in [9.17, 15) is 9.59 Å². The van der Waals surface area contributed by atoms with Crippen LogP contribution >= 0.6 is 0 Å². The molecule has 0 atom stereocenters. The van der Waals surface area contributed by atoms with Gasteiger partial charge in [0.1, 0.15) is 5.75 Å². The second kappa shape index (κ2) is 6.48. The smallest absolute Gasteiger partial charge is 0.347 e. The van der Waals surface area contributed by atoms with Gasteiger partial charge in [-0.1, -0.05) is 42.5 Å². The summed E-state index contributed by atoms with van der Waals surface area (Å²) >= 11 is 0. The number of rotatable bonds is 5. The van der Waals surface area contributed by atoms with Gasteiger partial charge < -0.3 is 9.47 Å². The summed E-state index contributed by atoms with van der Waals surface area (Å²) in [5, 5.41) is 0. The van der Waals surface area contributed by atoms with E-state index in [4.69, 9.17) is 9.47 Å². The van der Waals surface area contributed by atoms with Crippen molar-refractivity contribution < 1.29 is 19.1 Å². The first-order valence-corrected chi connectivity index (χ1v) is 7.37. The van der Waals surface area contributed by atoms with Crippen molar-refractivity contribution in [2.24, 2.45) is 0 Å². The fraction of sp³-hybridized carbons (Fsp3) is 0.158. The van der Waals surface area contributed by atoms with Crippen molar-refractivity contribution >= 4 is 17.5 Å². The minimum atomic E-state index is -0.580. The number of carbonyl (C=O) groups excluding carboxylic acids is 2. The molecule has 2 aromatic carbocycles. The fourth-order valence-corrected chi connectivity index (χ4v) is 2.61. The molecule has 0 saturated heterocycles. The van der Waals surface area contributed by atoms with Gasteiger partial charge in [-0.25, -0.2) is 9.59 Å². The molecule has 1 heterocycles. The van der Waals surface area contributed by atoms with Gasteiger partial charge >= 0.3 is 11.9 Å². The maximum Gasteiger partial charge on any atom is 0.347 e. The molecule has 23 heavy (non-hydrogen) atoms. The Hall–Kier alpha value is -2.88. The molecule has 4 heteroatoms. The Labute approximate surface area is 134 Å². The molecule has 0 unspecified atom stereocenters. The first-order valence-electron chi connectivity index (χ1n) is 7.37. The molecule has 3 rings (SSSR count). The van der Waals surface area contributed by atoms with Crippen LogP contribution in [0, 0.1) is 0 Å². The molecule has 0 aliphatic carbocycles. The SMILES string of the molecule is COc1ccc(C2=C(CCc3ccccc3)C(=O)OC2=O)cc1. The van der Waals surface area contributed by atoms with Crippen LogP contribution in [0.25, 0.3) is 5.57 Å². The zero-order chi connectivity index (χ0) is 16.2. The van der Waals surface area contributed by atoms with Gasteiger partial charge in [-0.2, -0.15) is 0 Å². The fourth-order valence-electron chi connectivity index (χ4n) is 2.61. The Bertz CT molecular complexity index is 758. The van der Waals surface area contributed by atoms with E-state index in [2.05, 4.69) is 0 Å². The molecule has 2 aromatic rings. The molecular weight excluding hydrogens is 292 g/mol. The molecule has 4 nitrogen and oxygen atoms in total. The number of hydrogen-bond acceptors (Lipinski definition) is 4. The average molecular weight is 308 g/mol. The molecule has 1 aliphatic heterocycles. The number of carbonyl (C=O) groups is 2. The molecule has 0 saturated carbocycles. The maximum atomic E-state index is 12.0. The minimum absolute atomic E-state index is 0.355. The number of cyclic esters (lactones) is 2. The van der Waals surface area contributed by atoms with E-state index in [0.717, 1.165) is 5.56 Å². The predicted molar refractivity (Wildman–Crippen MR) is 85.8 cm³/mol. The largest absolute Gasteiger partial charge is 0.497 e. The molecule has 0 N–H and O–H groups in total. The van der Waals surface area contributed by atoms with Gasteiger partial charge in [-0.15, -0.1) is 0 Å². The van der Waals surface area contributed by atoms with Crippen LogP contribution in [0.15, 0.2) is 60.2 Å². The van der Waals surface area contributed by atoms with E-state index in [1.54, 1.807) is 31.4 Å². The Morgan fingerprint density at radius 2 is 1.57 bits per heavy atom. The monoisotopic (exact) mass is 308 g/mol. The summed E-state index contributed by atoms with van der Waals surface area (Å²) in [6, 6.07) is 16.9. The van der Waals surface area contributed by atoms with E-state index in [0.29, 0.717) is 35.3 Å². The highest BCUT2D eigenvalue weighted by atomic mass is 16.6. The van der Waals surface area contributed by atoms with E-state index < -0.39 is 11.9 Å². The molecule has 0 spiro atoms. The van der Waals surface area contributed by atoms with Crippen LogP contribution in [-0.2, 0) is 20.7 Å². The molecule has 0 aromatic heterocycles. The molecule has 0 bridgehead atoms. The van der Waals surface area contributed by atoms with Crippen LogP contribution < -0.4 is 4.74 Å². The maximum absolute atomic E-state index is 12.0. The summed E-state index contributed by atoms with van der Waals surface area (Å²) in [5.74, 6) is -0.433. The first-order chi connectivity index (χ1) is 11.2. The van der Waals surface area contributed by atoms with Crippen LogP contribution in [0.5, 0.6) is 5.75 Å². The standard InChI is InChI=1S/C19H16O4/c1-22-15-10-8-14(9-11-15)17-16(18(20)23-19(17)21)12-7-13-5-3-2-4-6-13/h2-6,8-11H,7,12H2,1H3. The summed E-state index contributed by atoms with van der Waals surface area (Å²) in [7, 11) is 1.58. The van der Waals surface area contributed by atoms with Crippen LogP contribution in [-0.4, -0.2) is 19.0 Å². The van der Waals surface area contributed by atoms with Gasteiger partial charge in [-0.3, -0.25) is 0 Å². The molecule has 116 valence electrons. The van der Waals surface area contributed by atoms with Gasteiger partial charge in [0.25, 0.3) is 0 Å². The summed E-state index contributed by atoms with van der Waals surface area (Å²) in [6.45, 7) is 0. The van der Waals surface area contributed by atoms with Crippen molar-refractivity contribution in [1.29, 1.82) is 0 Å². The lowest BCUT2D eigenvalue weighted by Crippen LogP contribution is -2.02. The molecule has 0 fully saturated rings. The van der Waals surface area contributed by atoms with Crippen molar-refractivity contribution in [3.8, 4) is 5.75 Å². The minimum Gasteiger partial charge on any atom is -0.497 e. The number of hydrogen-bond donors (Lipinski definition) is 0. The van der Waals surface area contributed by atoms with Gasteiger partial charge in [0.05, 0.1) is 18.3 Å². The van der Waals surface area contributed by atoms with Crippen LogP contribution in [0.3, 0.4) is 0 Å². The second-order valence-electron chi connectivity index (χ2n) is 5.24. The van der Waals surface area contributed by atoms with E-state index in [1.807, 2.05) is 30.3 Å². The van der Waals surface area contributed by atoms with Gasteiger partial charge in [0.15, 0.2) is 0 Å². The Morgan fingerprint density at radius 1 is 0.870 bits per heavy atom. The highest BCUT2D eigenvalue weighted by Gasteiger charge is 2.33.